The van der Waals surface area contributed by atoms with Crippen LogP contribution >= 0.6 is 0 Å². The summed E-state index contributed by atoms with van der Waals surface area (Å²) in [6, 6.07) is 6.37. The number of aromatic hydroxyl groups is 1. The summed E-state index contributed by atoms with van der Waals surface area (Å²) in [5.41, 5.74) is -0.786. The van der Waals surface area contributed by atoms with Crippen molar-refractivity contribution in [1.82, 2.24) is 0 Å². The van der Waals surface area contributed by atoms with E-state index in [1.54, 1.807) is 32.0 Å². The molecule has 1 atom stereocenters. The van der Waals surface area contributed by atoms with Crippen molar-refractivity contribution in [3.8, 4) is 5.75 Å². The molecule has 0 bridgehead atoms. The summed E-state index contributed by atoms with van der Waals surface area (Å²) in [6.45, 7) is 3.13. The van der Waals surface area contributed by atoms with Gasteiger partial charge in [-0.2, -0.15) is 0 Å². The first kappa shape index (κ1) is 12.5. The van der Waals surface area contributed by atoms with Crippen LogP contribution in [0.5, 0.6) is 5.75 Å². The summed E-state index contributed by atoms with van der Waals surface area (Å²) in [5, 5.41) is 19.7. The molecule has 1 unspecified atom stereocenters. The fourth-order valence-electron chi connectivity index (χ4n) is 1.48. The third-order valence-electron chi connectivity index (χ3n) is 2.63. The van der Waals surface area contributed by atoms with Gasteiger partial charge in [0.2, 0.25) is 0 Å². The standard InChI is InChI=1S/C12H16O4/c1-12(2,11(15)16-3)10(14)8-6-4-5-7-9(8)13/h4-7,10,13-14H,1-3H3. The molecule has 0 saturated heterocycles. The van der Waals surface area contributed by atoms with Gasteiger partial charge in [-0.3, -0.25) is 4.79 Å². The van der Waals surface area contributed by atoms with Crippen molar-refractivity contribution in [3.63, 3.8) is 0 Å². The largest absolute Gasteiger partial charge is 0.508 e. The van der Waals surface area contributed by atoms with Crippen LogP contribution in [-0.2, 0) is 9.53 Å². The Bertz CT molecular complexity index is 384. The maximum Gasteiger partial charge on any atom is 0.314 e. The Balaban J connectivity index is 3.07. The van der Waals surface area contributed by atoms with Crippen LogP contribution in [0.2, 0.25) is 0 Å². The number of carbonyl (C=O) groups excluding carboxylic acids is 1. The van der Waals surface area contributed by atoms with Gasteiger partial charge < -0.3 is 14.9 Å². The van der Waals surface area contributed by atoms with Gasteiger partial charge in [-0.1, -0.05) is 18.2 Å². The van der Waals surface area contributed by atoms with Gasteiger partial charge in [-0.25, -0.2) is 0 Å². The number of rotatable bonds is 3. The second-order valence-electron chi connectivity index (χ2n) is 4.17. The molecule has 0 fully saturated rings. The number of aliphatic hydroxyl groups excluding tert-OH is 1. The number of esters is 1. The van der Waals surface area contributed by atoms with Crippen LogP contribution in [0.3, 0.4) is 0 Å². The highest BCUT2D eigenvalue weighted by Gasteiger charge is 2.38. The van der Waals surface area contributed by atoms with Crippen molar-refractivity contribution >= 4 is 5.97 Å². The smallest absolute Gasteiger partial charge is 0.314 e. The van der Waals surface area contributed by atoms with E-state index < -0.39 is 17.5 Å². The summed E-state index contributed by atoms with van der Waals surface area (Å²) >= 11 is 0. The Morgan fingerprint density at radius 3 is 2.44 bits per heavy atom. The first-order valence-electron chi connectivity index (χ1n) is 4.95. The zero-order chi connectivity index (χ0) is 12.3. The topological polar surface area (TPSA) is 66.8 Å². The van der Waals surface area contributed by atoms with Gasteiger partial charge in [0.05, 0.1) is 18.6 Å². The lowest BCUT2D eigenvalue weighted by atomic mass is 9.82. The number of para-hydroxylation sites is 1. The minimum atomic E-state index is -1.11. The minimum absolute atomic E-state index is 0.0352. The summed E-state index contributed by atoms with van der Waals surface area (Å²) in [4.78, 5) is 11.5. The lowest BCUT2D eigenvalue weighted by Crippen LogP contribution is -2.32. The molecule has 0 amide bonds. The average molecular weight is 224 g/mol. The average Bonchev–Trinajstić information content (AvgIpc) is 2.27. The second kappa shape index (κ2) is 4.53. The highest BCUT2D eigenvalue weighted by molar-refractivity contribution is 5.77. The monoisotopic (exact) mass is 224 g/mol. The van der Waals surface area contributed by atoms with Crippen LogP contribution < -0.4 is 0 Å². The van der Waals surface area contributed by atoms with Crippen molar-refractivity contribution in [2.24, 2.45) is 5.41 Å². The maximum atomic E-state index is 11.5. The Hall–Kier alpha value is -1.55. The van der Waals surface area contributed by atoms with Crippen molar-refractivity contribution in [1.29, 1.82) is 0 Å². The van der Waals surface area contributed by atoms with Gasteiger partial charge in [0, 0.05) is 5.56 Å². The van der Waals surface area contributed by atoms with E-state index in [0.29, 0.717) is 5.56 Å². The highest BCUT2D eigenvalue weighted by Crippen LogP contribution is 2.37. The molecular formula is C12H16O4. The van der Waals surface area contributed by atoms with Crippen LogP contribution in [0.25, 0.3) is 0 Å². The molecule has 0 aliphatic rings. The molecule has 0 radical (unpaired) electrons. The first-order valence-corrected chi connectivity index (χ1v) is 4.95. The quantitative estimate of drug-likeness (QED) is 0.766. The van der Waals surface area contributed by atoms with Crippen LogP contribution in [0, 0.1) is 5.41 Å². The van der Waals surface area contributed by atoms with E-state index in [1.165, 1.54) is 13.2 Å². The molecule has 0 aromatic heterocycles. The van der Waals surface area contributed by atoms with E-state index in [-0.39, 0.29) is 5.75 Å². The van der Waals surface area contributed by atoms with Crippen LogP contribution in [0.15, 0.2) is 24.3 Å². The Morgan fingerprint density at radius 1 is 1.38 bits per heavy atom. The third kappa shape index (κ3) is 2.17. The Morgan fingerprint density at radius 2 is 1.94 bits per heavy atom. The molecule has 16 heavy (non-hydrogen) atoms. The molecule has 1 rings (SSSR count). The Kier molecular flexibility index (Phi) is 3.55. The van der Waals surface area contributed by atoms with Gasteiger partial charge in [0.25, 0.3) is 0 Å². The molecule has 0 aliphatic carbocycles. The molecule has 2 N–H and O–H groups in total. The molecule has 0 saturated carbocycles. The van der Waals surface area contributed by atoms with Crippen molar-refractivity contribution in [2.75, 3.05) is 7.11 Å². The van der Waals surface area contributed by atoms with E-state index in [4.69, 9.17) is 0 Å². The van der Waals surface area contributed by atoms with Crippen molar-refractivity contribution < 1.29 is 19.7 Å². The number of hydrogen-bond donors (Lipinski definition) is 2. The number of phenolic OH excluding ortho intramolecular Hbond substituents is 1. The molecular weight excluding hydrogens is 208 g/mol. The summed E-state index contributed by atoms with van der Waals surface area (Å²) in [5.74, 6) is -0.560. The van der Waals surface area contributed by atoms with Crippen molar-refractivity contribution in [3.05, 3.63) is 29.8 Å². The number of benzene rings is 1. The van der Waals surface area contributed by atoms with E-state index >= 15 is 0 Å². The SMILES string of the molecule is COC(=O)C(C)(C)C(O)c1ccccc1O. The number of aliphatic hydroxyl groups is 1. The van der Waals surface area contributed by atoms with Crippen LogP contribution in [0.4, 0.5) is 0 Å². The molecule has 4 nitrogen and oxygen atoms in total. The summed E-state index contributed by atoms with van der Waals surface area (Å²) in [7, 11) is 1.27. The fourth-order valence-corrected chi connectivity index (χ4v) is 1.48. The predicted molar refractivity (Wildman–Crippen MR) is 58.9 cm³/mol. The van der Waals surface area contributed by atoms with E-state index in [9.17, 15) is 15.0 Å². The number of ether oxygens (including phenoxy) is 1. The van der Waals surface area contributed by atoms with Gasteiger partial charge in [0.1, 0.15) is 5.75 Å². The van der Waals surface area contributed by atoms with Crippen molar-refractivity contribution in [2.45, 2.75) is 20.0 Å². The molecule has 1 aromatic rings. The van der Waals surface area contributed by atoms with Gasteiger partial charge in [0.15, 0.2) is 0 Å². The highest BCUT2D eigenvalue weighted by atomic mass is 16.5. The van der Waals surface area contributed by atoms with Crippen LogP contribution in [-0.4, -0.2) is 23.3 Å². The van der Waals surface area contributed by atoms with E-state index in [1.807, 2.05) is 0 Å². The first-order chi connectivity index (χ1) is 7.41. The predicted octanol–water partition coefficient (Wildman–Crippen LogP) is 1.62. The van der Waals surface area contributed by atoms with Gasteiger partial charge in [-0.05, 0) is 19.9 Å². The lowest BCUT2D eigenvalue weighted by Gasteiger charge is -2.28. The normalized spacial score (nSPS) is 13.2. The molecule has 0 heterocycles. The summed E-state index contributed by atoms with van der Waals surface area (Å²) < 4.78 is 4.62. The number of methoxy groups -OCH3 is 1. The van der Waals surface area contributed by atoms with Gasteiger partial charge in [-0.15, -0.1) is 0 Å². The second-order valence-corrected chi connectivity index (χ2v) is 4.17. The number of phenols is 1. The molecule has 0 aliphatic heterocycles. The number of carbonyl (C=O) groups is 1. The van der Waals surface area contributed by atoms with Gasteiger partial charge >= 0.3 is 5.97 Å². The lowest BCUT2D eigenvalue weighted by molar-refractivity contribution is -0.157. The van der Waals surface area contributed by atoms with Crippen LogP contribution in [0.1, 0.15) is 25.5 Å². The summed E-state index contributed by atoms with van der Waals surface area (Å²) in [6.07, 6.45) is -1.11. The molecule has 88 valence electrons. The van der Waals surface area contributed by atoms with E-state index in [0.717, 1.165) is 0 Å². The minimum Gasteiger partial charge on any atom is -0.508 e. The zero-order valence-corrected chi connectivity index (χ0v) is 9.60. The molecule has 1 aromatic carbocycles. The Labute approximate surface area is 94.5 Å². The third-order valence-corrected chi connectivity index (χ3v) is 2.63. The molecule has 0 spiro atoms. The number of hydrogen-bond acceptors (Lipinski definition) is 4. The maximum absolute atomic E-state index is 11.5. The zero-order valence-electron chi connectivity index (χ0n) is 9.60. The van der Waals surface area contributed by atoms with E-state index in [2.05, 4.69) is 4.74 Å². The fraction of sp³-hybridized carbons (Fsp3) is 0.417. The molecule has 4 heteroatoms.